The van der Waals surface area contributed by atoms with Crippen LogP contribution in [-0.2, 0) is 17.4 Å². The third kappa shape index (κ3) is 4.05. The SMILES string of the molecule is CCCc1cc(C(=S)N2CCC[C@@H]2C(=O)O)cc(C(F)(F)F)c1OC. The molecule has 138 valence electrons. The summed E-state index contributed by atoms with van der Waals surface area (Å²) >= 11 is 5.34. The summed E-state index contributed by atoms with van der Waals surface area (Å²) in [6.45, 7) is 2.28. The molecule has 1 saturated heterocycles. The molecule has 1 atom stereocenters. The van der Waals surface area contributed by atoms with Gasteiger partial charge in [0, 0.05) is 12.1 Å². The molecule has 0 aromatic heterocycles. The number of aryl methyl sites for hydroxylation is 1. The van der Waals surface area contributed by atoms with E-state index in [-0.39, 0.29) is 16.3 Å². The standard InChI is InChI=1S/C17H20F3NO3S/c1-3-5-10-8-11(9-12(14(10)24-2)17(18,19)20)15(25)21-7-4-6-13(21)16(22)23/h8-9,13H,3-7H2,1-2H3,(H,22,23)/t13-/m1/s1. The number of hydrogen-bond acceptors (Lipinski definition) is 3. The van der Waals surface area contributed by atoms with E-state index in [1.165, 1.54) is 12.0 Å². The minimum absolute atomic E-state index is 0.135. The van der Waals surface area contributed by atoms with Gasteiger partial charge in [-0.1, -0.05) is 25.6 Å². The molecule has 8 heteroatoms. The van der Waals surface area contributed by atoms with Crippen LogP contribution >= 0.6 is 12.2 Å². The van der Waals surface area contributed by atoms with Gasteiger partial charge in [-0.2, -0.15) is 13.2 Å². The van der Waals surface area contributed by atoms with Gasteiger partial charge in [0.25, 0.3) is 0 Å². The molecular weight excluding hydrogens is 355 g/mol. The number of carbonyl (C=O) groups is 1. The van der Waals surface area contributed by atoms with Crippen molar-refractivity contribution >= 4 is 23.2 Å². The Labute approximate surface area is 149 Å². The van der Waals surface area contributed by atoms with Crippen molar-refractivity contribution in [1.29, 1.82) is 0 Å². The molecule has 1 aliphatic rings. The number of likely N-dealkylation sites (tertiary alicyclic amines) is 1. The molecule has 0 unspecified atom stereocenters. The summed E-state index contributed by atoms with van der Waals surface area (Å²) in [6.07, 6.45) is -2.46. The molecule has 1 aromatic rings. The molecular formula is C17H20F3NO3S. The van der Waals surface area contributed by atoms with Crippen molar-refractivity contribution in [2.75, 3.05) is 13.7 Å². The van der Waals surface area contributed by atoms with Crippen molar-refractivity contribution in [3.8, 4) is 5.75 Å². The lowest BCUT2D eigenvalue weighted by Gasteiger charge is -2.26. The lowest BCUT2D eigenvalue weighted by Crippen LogP contribution is -2.40. The van der Waals surface area contributed by atoms with E-state index in [1.54, 1.807) is 6.07 Å². The lowest BCUT2D eigenvalue weighted by molar-refractivity contribution is -0.141. The number of benzene rings is 1. The molecule has 1 heterocycles. The van der Waals surface area contributed by atoms with Gasteiger partial charge in [0.15, 0.2) is 0 Å². The molecule has 0 spiro atoms. The van der Waals surface area contributed by atoms with Crippen LogP contribution in [0.1, 0.15) is 42.9 Å². The predicted molar refractivity (Wildman–Crippen MR) is 91.1 cm³/mol. The van der Waals surface area contributed by atoms with Crippen LogP contribution in [0.2, 0.25) is 0 Å². The molecule has 4 nitrogen and oxygen atoms in total. The van der Waals surface area contributed by atoms with Crippen LogP contribution in [0.3, 0.4) is 0 Å². The minimum Gasteiger partial charge on any atom is -0.496 e. The summed E-state index contributed by atoms with van der Waals surface area (Å²) in [5.41, 5.74) is -0.257. The van der Waals surface area contributed by atoms with E-state index in [9.17, 15) is 23.1 Å². The highest BCUT2D eigenvalue weighted by Crippen LogP contribution is 2.40. The van der Waals surface area contributed by atoms with Gasteiger partial charge in [0.1, 0.15) is 16.8 Å². The summed E-state index contributed by atoms with van der Waals surface area (Å²) < 4.78 is 45.4. The van der Waals surface area contributed by atoms with E-state index < -0.39 is 23.8 Å². The van der Waals surface area contributed by atoms with E-state index in [0.29, 0.717) is 37.8 Å². The molecule has 0 saturated carbocycles. The van der Waals surface area contributed by atoms with E-state index in [0.717, 1.165) is 6.07 Å². The number of ether oxygens (including phenoxy) is 1. The summed E-state index contributed by atoms with van der Waals surface area (Å²) in [4.78, 5) is 13.0. The van der Waals surface area contributed by atoms with Crippen LogP contribution in [-0.4, -0.2) is 40.7 Å². The Morgan fingerprint density at radius 1 is 1.44 bits per heavy atom. The van der Waals surface area contributed by atoms with E-state index in [4.69, 9.17) is 17.0 Å². The predicted octanol–water partition coefficient (Wildman–Crippen LogP) is 3.89. The van der Waals surface area contributed by atoms with Crippen molar-refractivity contribution in [3.63, 3.8) is 0 Å². The average Bonchev–Trinajstić information content (AvgIpc) is 3.02. The maximum absolute atomic E-state index is 13.5. The molecule has 0 aliphatic carbocycles. The summed E-state index contributed by atoms with van der Waals surface area (Å²) in [6, 6.07) is 1.74. The van der Waals surface area contributed by atoms with Gasteiger partial charge in [0.2, 0.25) is 0 Å². The molecule has 1 aliphatic heterocycles. The highest BCUT2D eigenvalue weighted by Gasteiger charge is 2.38. The van der Waals surface area contributed by atoms with Crippen LogP contribution in [0.15, 0.2) is 12.1 Å². The summed E-state index contributed by atoms with van der Waals surface area (Å²) in [7, 11) is 1.21. The number of rotatable bonds is 5. The molecule has 0 radical (unpaired) electrons. The zero-order chi connectivity index (χ0) is 18.8. The number of carboxylic acid groups (broad SMARTS) is 1. The molecule has 0 bridgehead atoms. The Bertz CT molecular complexity index is 676. The zero-order valence-electron chi connectivity index (χ0n) is 14.0. The van der Waals surface area contributed by atoms with Crippen molar-refractivity contribution in [2.45, 2.75) is 44.8 Å². The number of aliphatic carboxylic acids is 1. The second-order valence-electron chi connectivity index (χ2n) is 5.96. The highest BCUT2D eigenvalue weighted by molar-refractivity contribution is 7.80. The monoisotopic (exact) mass is 375 g/mol. The molecule has 1 fully saturated rings. The van der Waals surface area contributed by atoms with Crippen molar-refractivity contribution < 1.29 is 27.8 Å². The third-order valence-corrected chi connectivity index (χ3v) is 4.71. The quantitative estimate of drug-likeness (QED) is 0.792. The van der Waals surface area contributed by atoms with E-state index in [2.05, 4.69) is 0 Å². The number of methoxy groups -OCH3 is 1. The van der Waals surface area contributed by atoms with Crippen molar-refractivity contribution in [2.24, 2.45) is 0 Å². The Balaban J connectivity index is 2.52. The molecule has 1 aromatic carbocycles. The maximum Gasteiger partial charge on any atom is 0.419 e. The number of hydrogen-bond donors (Lipinski definition) is 1. The van der Waals surface area contributed by atoms with Crippen LogP contribution in [0.4, 0.5) is 13.2 Å². The Morgan fingerprint density at radius 3 is 2.64 bits per heavy atom. The second kappa shape index (κ2) is 7.59. The number of halogens is 3. The smallest absolute Gasteiger partial charge is 0.419 e. The first-order chi connectivity index (χ1) is 11.7. The normalized spacial score (nSPS) is 17.6. The fourth-order valence-corrected chi connectivity index (χ4v) is 3.49. The molecule has 25 heavy (non-hydrogen) atoms. The fourth-order valence-electron chi connectivity index (χ4n) is 3.15. The first kappa shape index (κ1) is 19.5. The molecule has 2 rings (SSSR count). The third-order valence-electron chi connectivity index (χ3n) is 4.24. The van der Waals surface area contributed by atoms with Gasteiger partial charge in [-0.15, -0.1) is 0 Å². The largest absolute Gasteiger partial charge is 0.496 e. The summed E-state index contributed by atoms with van der Waals surface area (Å²) in [5.74, 6) is -1.21. The van der Waals surface area contributed by atoms with Crippen molar-refractivity contribution in [3.05, 3.63) is 28.8 Å². The van der Waals surface area contributed by atoms with Gasteiger partial charge in [-0.25, -0.2) is 4.79 Å². The topological polar surface area (TPSA) is 49.8 Å². The summed E-state index contributed by atoms with van der Waals surface area (Å²) in [5, 5.41) is 9.28. The van der Waals surface area contributed by atoms with E-state index >= 15 is 0 Å². The van der Waals surface area contributed by atoms with Crippen molar-refractivity contribution in [1.82, 2.24) is 4.90 Å². The Kier molecular flexibility index (Phi) is 5.92. The van der Waals surface area contributed by atoms with Gasteiger partial charge in [-0.05, 0) is 37.0 Å². The van der Waals surface area contributed by atoms with E-state index in [1.807, 2.05) is 6.92 Å². The number of carboxylic acids is 1. The van der Waals surface area contributed by atoms with Gasteiger partial charge in [0.05, 0.1) is 12.7 Å². The van der Waals surface area contributed by atoms with Crippen LogP contribution in [0.25, 0.3) is 0 Å². The Hall–Kier alpha value is -1.83. The first-order valence-electron chi connectivity index (χ1n) is 8.02. The Morgan fingerprint density at radius 2 is 2.12 bits per heavy atom. The maximum atomic E-state index is 13.5. The average molecular weight is 375 g/mol. The molecule has 1 N–H and O–H groups in total. The van der Waals surface area contributed by atoms with Crippen LogP contribution in [0.5, 0.6) is 5.75 Å². The fraction of sp³-hybridized carbons (Fsp3) is 0.529. The molecule has 0 amide bonds. The number of alkyl halides is 3. The first-order valence-corrected chi connectivity index (χ1v) is 8.43. The van der Waals surface area contributed by atoms with Gasteiger partial charge in [-0.3, -0.25) is 0 Å². The number of thiocarbonyl (C=S) groups is 1. The minimum atomic E-state index is -4.59. The van der Waals surface area contributed by atoms with Gasteiger partial charge < -0.3 is 14.7 Å². The van der Waals surface area contributed by atoms with Crippen LogP contribution < -0.4 is 4.74 Å². The zero-order valence-corrected chi connectivity index (χ0v) is 14.8. The highest BCUT2D eigenvalue weighted by atomic mass is 32.1. The van der Waals surface area contributed by atoms with Crippen LogP contribution in [0, 0.1) is 0 Å². The second-order valence-corrected chi connectivity index (χ2v) is 6.35. The lowest BCUT2D eigenvalue weighted by atomic mass is 9.99. The van der Waals surface area contributed by atoms with Gasteiger partial charge >= 0.3 is 12.1 Å². The number of nitrogens with zero attached hydrogens (tertiary/aromatic N) is 1.